The van der Waals surface area contributed by atoms with Crippen LogP contribution >= 0.6 is 11.3 Å². The predicted molar refractivity (Wildman–Crippen MR) is 104 cm³/mol. The Hall–Kier alpha value is -1.98. The molecular weight excluding hydrogens is 330 g/mol. The molecule has 0 unspecified atom stereocenters. The first-order valence-electron chi connectivity index (χ1n) is 8.83. The summed E-state index contributed by atoms with van der Waals surface area (Å²) < 4.78 is 1.60. The summed E-state index contributed by atoms with van der Waals surface area (Å²) in [6.07, 6.45) is 2.85. The van der Waals surface area contributed by atoms with Crippen molar-refractivity contribution in [2.75, 3.05) is 6.54 Å². The molecule has 2 heterocycles. The molecule has 0 aliphatic heterocycles. The zero-order valence-electron chi connectivity index (χ0n) is 15.1. The van der Waals surface area contributed by atoms with Gasteiger partial charge in [-0.3, -0.25) is 14.1 Å². The summed E-state index contributed by atoms with van der Waals surface area (Å²) in [4.78, 5) is 19.9. The second kappa shape index (κ2) is 7.93. The SMILES string of the molecule is CCCN(Cc1ccc(C(C)C)cc1)Cc1cc(=O)n2ccsc2n1. The predicted octanol–water partition coefficient (Wildman–Crippen LogP) is 4.29. The monoisotopic (exact) mass is 355 g/mol. The number of thiazole rings is 1. The third-order valence-corrected chi connectivity index (χ3v) is 5.09. The van der Waals surface area contributed by atoms with Crippen LogP contribution in [-0.2, 0) is 13.1 Å². The zero-order chi connectivity index (χ0) is 17.8. The highest BCUT2D eigenvalue weighted by atomic mass is 32.1. The molecule has 0 saturated heterocycles. The lowest BCUT2D eigenvalue weighted by atomic mass is 10.0. The summed E-state index contributed by atoms with van der Waals surface area (Å²) in [6.45, 7) is 9.16. The molecule has 0 fully saturated rings. The van der Waals surface area contributed by atoms with E-state index in [2.05, 4.69) is 54.9 Å². The van der Waals surface area contributed by atoms with Gasteiger partial charge >= 0.3 is 0 Å². The van der Waals surface area contributed by atoms with Crippen LogP contribution in [0, 0.1) is 0 Å². The fourth-order valence-electron chi connectivity index (χ4n) is 2.99. The van der Waals surface area contributed by atoms with Crippen LogP contribution in [0.15, 0.2) is 46.7 Å². The number of aromatic nitrogens is 2. The number of rotatable bonds is 7. The Morgan fingerprint density at radius 3 is 2.64 bits per heavy atom. The minimum absolute atomic E-state index is 0.000940. The van der Waals surface area contributed by atoms with Gasteiger partial charge in [0.25, 0.3) is 5.56 Å². The molecule has 3 rings (SSSR count). The molecule has 0 N–H and O–H groups in total. The van der Waals surface area contributed by atoms with Gasteiger partial charge in [-0.25, -0.2) is 4.98 Å². The van der Waals surface area contributed by atoms with Gasteiger partial charge in [0.1, 0.15) is 0 Å². The van der Waals surface area contributed by atoms with E-state index in [1.54, 1.807) is 16.7 Å². The molecule has 2 aromatic heterocycles. The van der Waals surface area contributed by atoms with Gasteiger partial charge in [-0.05, 0) is 30.0 Å². The Bertz CT molecular complexity index is 880. The fourth-order valence-corrected chi connectivity index (χ4v) is 3.73. The molecule has 1 aromatic carbocycles. The summed E-state index contributed by atoms with van der Waals surface area (Å²) in [5.41, 5.74) is 3.51. The number of benzene rings is 1. The Kier molecular flexibility index (Phi) is 5.66. The van der Waals surface area contributed by atoms with Crippen LogP contribution < -0.4 is 5.56 Å². The molecule has 5 heteroatoms. The average Bonchev–Trinajstić information content (AvgIpc) is 3.04. The molecule has 0 saturated carbocycles. The maximum Gasteiger partial charge on any atom is 0.258 e. The maximum absolute atomic E-state index is 12.2. The van der Waals surface area contributed by atoms with E-state index in [1.807, 2.05) is 5.38 Å². The second-order valence-corrected chi connectivity index (χ2v) is 7.62. The van der Waals surface area contributed by atoms with Gasteiger partial charge in [0.05, 0.1) is 5.69 Å². The lowest BCUT2D eigenvalue weighted by Gasteiger charge is -2.21. The Balaban J connectivity index is 1.76. The molecule has 0 atom stereocenters. The van der Waals surface area contributed by atoms with Crippen molar-refractivity contribution in [3.8, 4) is 0 Å². The molecule has 3 aromatic rings. The van der Waals surface area contributed by atoms with Crippen molar-refractivity contribution in [1.29, 1.82) is 0 Å². The molecule has 0 spiro atoms. The van der Waals surface area contributed by atoms with E-state index in [9.17, 15) is 4.79 Å². The van der Waals surface area contributed by atoms with Crippen LogP contribution in [-0.4, -0.2) is 20.8 Å². The summed E-state index contributed by atoms with van der Waals surface area (Å²) in [7, 11) is 0. The van der Waals surface area contributed by atoms with E-state index in [-0.39, 0.29) is 5.56 Å². The summed E-state index contributed by atoms with van der Waals surface area (Å²) in [5.74, 6) is 0.551. The average molecular weight is 356 g/mol. The van der Waals surface area contributed by atoms with Crippen LogP contribution in [0.2, 0.25) is 0 Å². The van der Waals surface area contributed by atoms with Crippen LogP contribution in [0.25, 0.3) is 4.96 Å². The van der Waals surface area contributed by atoms with Gasteiger partial charge in [0, 0.05) is 30.7 Å². The van der Waals surface area contributed by atoms with E-state index in [0.29, 0.717) is 12.5 Å². The van der Waals surface area contributed by atoms with Gasteiger partial charge < -0.3 is 0 Å². The molecule has 25 heavy (non-hydrogen) atoms. The molecule has 0 radical (unpaired) electrons. The fraction of sp³-hybridized carbons (Fsp3) is 0.400. The lowest BCUT2D eigenvalue weighted by Crippen LogP contribution is -2.25. The van der Waals surface area contributed by atoms with E-state index in [0.717, 1.165) is 30.2 Å². The highest BCUT2D eigenvalue weighted by Gasteiger charge is 2.10. The molecule has 0 aliphatic carbocycles. The van der Waals surface area contributed by atoms with Crippen LogP contribution in [0.5, 0.6) is 0 Å². The third-order valence-electron chi connectivity index (χ3n) is 4.33. The Labute approximate surface area is 152 Å². The maximum atomic E-state index is 12.2. The minimum Gasteiger partial charge on any atom is -0.293 e. The first kappa shape index (κ1) is 17.8. The van der Waals surface area contributed by atoms with Gasteiger partial charge in [0.15, 0.2) is 4.96 Å². The van der Waals surface area contributed by atoms with Gasteiger partial charge in [0.2, 0.25) is 0 Å². The van der Waals surface area contributed by atoms with E-state index in [1.165, 1.54) is 22.5 Å². The van der Waals surface area contributed by atoms with Crippen LogP contribution in [0.3, 0.4) is 0 Å². The van der Waals surface area contributed by atoms with Crippen molar-refractivity contribution in [2.45, 2.75) is 46.2 Å². The number of hydrogen-bond donors (Lipinski definition) is 0. The van der Waals surface area contributed by atoms with Crippen LogP contribution in [0.1, 0.15) is 49.9 Å². The summed E-state index contributed by atoms with van der Waals surface area (Å²) in [6, 6.07) is 10.5. The minimum atomic E-state index is -0.000940. The molecule has 132 valence electrons. The van der Waals surface area contributed by atoms with Crippen molar-refractivity contribution >= 4 is 16.3 Å². The normalized spacial score (nSPS) is 11.7. The molecular formula is C20H25N3OS. The highest BCUT2D eigenvalue weighted by molar-refractivity contribution is 7.15. The lowest BCUT2D eigenvalue weighted by molar-refractivity contribution is 0.254. The molecule has 0 amide bonds. The quantitative estimate of drug-likeness (QED) is 0.634. The first-order valence-corrected chi connectivity index (χ1v) is 9.71. The van der Waals surface area contributed by atoms with E-state index < -0.39 is 0 Å². The Morgan fingerprint density at radius 2 is 1.96 bits per heavy atom. The Morgan fingerprint density at radius 1 is 1.20 bits per heavy atom. The van der Waals surface area contributed by atoms with Crippen LogP contribution in [0.4, 0.5) is 0 Å². The zero-order valence-corrected chi connectivity index (χ0v) is 15.9. The highest BCUT2D eigenvalue weighted by Crippen LogP contribution is 2.16. The first-order chi connectivity index (χ1) is 12.1. The largest absolute Gasteiger partial charge is 0.293 e. The smallest absolute Gasteiger partial charge is 0.258 e. The van der Waals surface area contributed by atoms with Crippen molar-refractivity contribution in [3.05, 3.63) is 69.1 Å². The van der Waals surface area contributed by atoms with Gasteiger partial charge in [-0.1, -0.05) is 45.0 Å². The van der Waals surface area contributed by atoms with E-state index >= 15 is 0 Å². The molecule has 0 aliphatic rings. The number of nitrogens with zero attached hydrogens (tertiary/aromatic N) is 3. The van der Waals surface area contributed by atoms with E-state index in [4.69, 9.17) is 0 Å². The van der Waals surface area contributed by atoms with Gasteiger partial charge in [-0.2, -0.15) is 0 Å². The second-order valence-electron chi connectivity index (χ2n) is 6.75. The van der Waals surface area contributed by atoms with Crippen molar-refractivity contribution in [2.24, 2.45) is 0 Å². The molecule has 4 nitrogen and oxygen atoms in total. The standard InChI is InChI=1S/C20H25N3OS/c1-4-9-22(13-16-5-7-17(8-6-16)15(2)3)14-18-12-19(24)23-10-11-25-20(23)21-18/h5-8,10-12,15H,4,9,13-14H2,1-3H3. The molecule has 0 bridgehead atoms. The topological polar surface area (TPSA) is 37.6 Å². The van der Waals surface area contributed by atoms with Crippen molar-refractivity contribution < 1.29 is 0 Å². The summed E-state index contributed by atoms with van der Waals surface area (Å²) in [5, 5.41) is 1.90. The van der Waals surface area contributed by atoms with Gasteiger partial charge in [-0.15, -0.1) is 11.3 Å². The number of fused-ring (bicyclic) bond motifs is 1. The van der Waals surface area contributed by atoms with Crippen molar-refractivity contribution in [1.82, 2.24) is 14.3 Å². The number of hydrogen-bond acceptors (Lipinski definition) is 4. The summed E-state index contributed by atoms with van der Waals surface area (Å²) >= 11 is 1.50. The van der Waals surface area contributed by atoms with Crippen molar-refractivity contribution in [3.63, 3.8) is 0 Å². The third kappa shape index (κ3) is 4.35.